The molecule has 4 aromatic carbocycles. The van der Waals surface area contributed by atoms with E-state index in [0.29, 0.717) is 27.9 Å². The minimum atomic E-state index is -0.530. The lowest BCUT2D eigenvalue weighted by atomic mass is 10.1. The number of anilines is 2. The molecule has 0 radical (unpaired) electrons. The molecule has 0 aliphatic carbocycles. The molecule has 0 bridgehead atoms. The van der Waals surface area contributed by atoms with Gasteiger partial charge in [-0.15, -0.1) is 23.1 Å². The molecule has 218 valence electrons. The molecule has 10 heteroatoms. The summed E-state index contributed by atoms with van der Waals surface area (Å²) in [6, 6.07) is 29.6. The van der Waals surface area contributed by atoms with E-state index in [-0.39, 0.29) is 11.8 Å². The minimum absolute atomic E-state index is 0.187. The Morgan fingerprint density at radius 2 is 1.56 bits per heavy atom. The van der Waals surface area contributed by atoms with Crippen molar-refractivity contribution in [2.45, 2.75) is 10.1 Å². The van der Waals surface area contributed by atoms with Crippen molar-refractivity contribution in [1.29, 1.82) is 0 Å². The van der Waals surface area contributed by atoms with Crippen LogP contribution in [-0.4, -0.2) is 38.1 Å². The normalized spacial score (nSPS) is 11.3. The van der Waals surface area contributed by atoms with Crippen molar-refractivity contribution in [3.05, 3.63) is 114 Å². The fraction of sp³-hybridized carbons (Fsp3) is 0.121. The van der Waals surface area contributed by atoms with Crippen molar-refractivity contribution >= 4 is 45.7 Å². The fourth-order valence-electron chi connectivity index (χ4n) is 4.25. The molecule has 1 aromatic heterocycles. The van der Waals surface area contributed by atoms with Crippen molar-refractivity contribution in [2.75, 3.05) is 32.0 Å². The standard InChI is InChI=1S/C33H29N3O5S2/c1-39-25-11-7-10-22(18-25)27-20-42-33(35-27)36-32(38)30(21-8-5-4-6-9-21)43-26-15-13-24(14-16-26)34-31(37)23-12-17-28(40-2)29(19-23)41-3/h4-20,30H,1-3H3,(H,34,37)(H,35,36,38). The zero-order chi connectivity index (χ0) is 30.2. The smallest absolute Gasteiger partial charge is 0.255 e. The van der Waals surface area contributed by atoms with E-state index in [9.17, 15) is 9.59 Å². The molecule has 43 heavy (non-hydrogen) atoms. The second-order valence-electron chi connectivity index (χ2n) is 9.22. The molecule has 5 aromatic rings. The van der Waals surface area contributed by atoms with E-state index in [1.165, 1.54) is 30.2 Å². The predicted molar refractivity (Wildman–Crippen MR) is 172 cm³/mol. The van der Waals surface area contributed by atoms with E-state index in [1.807, 2.05) is 84.2 Å². The Labute approximate surface area is 258 Å². The van der Waals surface area contributed by atoms with E-state index < -0.39 is 5.25 Å². The van der Waals surface area contributed by atoms with Gasteiger partial charge in [-0.2, -0.15) is 0 Å². The molecule has 1 heterocycles. The van der Waals surface area contributed by atoms with Gasteiger partial charge in [0.2, 0.25) is 5.91 Å². The van der Waals surface area contributed by atoms with Gasteiger partial charge in [-0.25, -0.2) is 4.98 Å². The van der Waals surface area contributed by atoms with Crippen molar-refractivity contribution in [3.63, 3.8) is 0 Å². The third-order valence-corrected chi connectivity index (χ3v) is 8.48. The molecule has 8 nitrogen and oxygen atoms in total. The topological polar surface area (TPSA) is 98.8 Å². The van der Waals surface area contributed by atoms with Gasteiger partial charge >= 0.3 is 0 Å². The number of methoxy groups -OCH3 is 3. The first-order valence-electron chi connectivity index (χ1n) is 13.2. The minimum Gasteiger partial charge on any atom is -0.497 e. The average Bonchev–Trinajstić information content (AvgIpc) is 3.52. The Balaban J connectivity index is 1.28. The van der Waals surface area contributed by atoms with Crippen LogP contribution in [0.4, 0.5) is 10.8 Å². The molecule has 2 amide bonds. The van der Waals surface area contributed by atoms with Gasteiger partial charge < -0.3 is 24.8 Å². The van der Waals surface area contributed by atoms with E-state index in [2.05, 4.69) is 15.6 Å². The number of hydrogen-bond acceptors (Lipinski definition) is 8. The summed E-state index contributed by atoms with van der Waals surface area (Å²) in [5.74, 6) is 1.29. The highest BCUT2D eigenvalue weighted by atomic mass is 32.2. The Bertz CT molecular complexity index is 1710. The number of thiazole rings is 1. The zero-order valence-corrected chi connectivity index (χ0v) is 25.3. The molecule has 1 unspecified atom stereocenters. The summed E-state index contributed by atoms with van der Waals surface area (Å²) in [6.07, 6.45) is 0. The van der Waals surface area contributed by atoms with Gasteiger partial charge in [0.15, 0.2) is 16.6 Å². The second-order valence-corrected chi connectivity index (χ2v) is 11.3. The summed E-state index contributed by atoms with van der Waals surface area (Å²) in [4.78, 5) is 31.9. The summed E-state index contributed by atoms with van der Waals surface area (Å²) in [5.41, 5.74) is 3.59. The number of rotatable bonds is 11. The van der Waals surface area contributed by atoms with Crippen LogP contribution in [0.1, 0.15) is 21.2 Å². The van der Waals surface area contributed by atoms with Crippen molar-refractivity contribution in [2.24, 2.45) is 0 Å². The van der Waals surface area contributed by atoms with E-state index >= 15 is 0 Å². The molecular formula is C33H29N3O5S2. The Hall–Kier alpha value is -4.80. The number of thioether (sulfide) groups is 1. The maximum Gasteiger partial charge on any atom is 0.255 e. The Morgan fingerprint density at radius 3 is 2.28 bits per heavy atom. The molecule has 2 N–H and O–H groups in total. The van der Waals surface area contributed by atoms with Gasteiger partial charge in [-0.3, -0.25) is 9.59 Å². The third-order valence-electron chi connectivity index (χ3n) is 6.45. The second kappa shape index (κ2) is 13.9. The van der Waals surface area contributed by atoms with Crippen LogP contribution in [0.3, 0.4) is 0 Å². The van der Waals surface area contributed by atoms with Crippen LogP contribution >= 0.6 is 23.1 Å². The molecule has 0 spiro atoms. The van der Waals surface area contributed by atoms with Gasteiger partial charge in [-0.1, -0.05) is 42.5 Å². The number of ether oxygens (including phenoxy) is 3. The quantitative estimate of drug-likeness (QED) is 0.149. The van der Waals surface area contributed by atoms with E-state index in [0.717, 1.165) is 27.5 Å². The van der Waals surface area contributed by atoms with Gasteiger partial charge in [-0.05, 0) is 60.2 Å². The molecule has 5 rings (SSSR count). The maximum atomic E-state index is 13.6. The summed E-state index contributed by atoms with van der Waals surface area (Å²) < 4.78 is 15.9. The number of benzene rings is 4. The molecule has 0 saturated carbocycles. The number of nitrogens with zero attached hydrogens (tertiary/aromatic N) is 1. The number of amides is 2. The van der Waals surface area contributed by atoms with Crippen molar-refractivity contribution in [3.8, 4) is 28.5 Å². The van der Waals surface area contributed by atoms with Gasteiger partial charge in [0.25, 0.3) is 5.91 Å². The number of aromatic nitrogens is 1. The van der Waals surface area contributed by atoms with E-state index in [1.54, 1.807) is 32.4 Å². The highest BCUT2D eigenvalue weighted by Gasteiger charge is 2.23. The van der Waals surface area contributed by atoms with Crippen LogP contribution in [0.15, 0.2) is 107 Å². The van der Waals surface area contributed by atoms with Crippen LogP contribution < -0.4 is 24.8 Å². The molecule has 1 atom stereocenters. The first-order chi connectivity index (χ1) is 21.0. The van der Waals surface area contributed by atoms with Gasteiger partial charge in [0.1, 0.15) is 11.0 Å². The largest absolute Gasteiger partial charge is 0.497 e. The zero-order valence-electron chi connectivity index (χ0n) is 23.7. The van der Waals surface area contributed by atoms with E-state index in [4.69, 9.17) is 14.2 Å². The van der Waals surface area contributed by atoms with Crippen LogP contribution in [0.25, 0.3) is 11.3 Å². The predicted octanol–water partition coefficient (Wildman–Crippen LogP) is 7.56. The van der Waals surface area contributed by atoms with Crippen LogP contribution in [0.2, 0.25) is 0 Å². The molecule has 0 fully saturated rings. The number of hydrogen-bond donors (Lipinski definition) is 2. The summed E-state index contributed by atoms with van der Waals surface area (Å²) in [6.45, 7) is 0. The lowest BCUT2D eigenvalue weighted by molar-refractivity contribution is -0.115. The third kappa shape index (κ3) is 7.35. The molecule has 0 aliphatic heterocycles. The van der Waals surface area contributed by atoms with Crippen molar-refractivity contribution < 1.29 is 23.8 Å². The lowest BCUT2D eigenvalue weighted by Gasteiger charge is -2.16. The first-order valence-corrected chi connectivity index (χ1v) is 15.0. The highest BCUT2D eigenvalue weighted by Crippen LogP contribution is 2.37. The Morgan fingerprint density at radius 1 is 0.791 bits per heavy atom. The first kappa shape index (κ1) is 29.7. The van der Waals surface area contributed by atoms with Crippen LogP contribution in [0, 0.1) is 0 Å². The number of carbonyl (C=O) groups is 2. The lowest BCUT2D eigenvalue weighted by Crippen LogP contribution is -2.19. The monoisotopic (exact) mass is 611 g/mol. The number of nitrogens with one attached hydrogen (secondary N) is 2. The number of carbonyl (C=O) groups excluding carboxylic acids is 2. The van der Waals surface area contributed by atoms with Crippen LogP contribution in [0.5, 0.6) is 17.2 Å². The highest BCUT2D eigenvalue weighted by molar-refractivity contribution is 8.00. The summed E-state index contributed by atoms with van der Waals surface area (Å²) in [5, 5.41) is 7.78. The fourth-order valence-corrected chi connectivity index (χ4v) is 6.00. The SMILES string of the molecule is COc1cccc(-c2csc(NC(=O)C(Sc3ccc(NC(=O)c4ccc(OC)c(OC)c4)cc3)c3ccccc3)n2)c1. The molecular weight excluding hydrogens is 583 g/mol. The molecule has 0 saturated heterocycles. The Kier molecular flexibility index (Phi) is 9.60. The molecule has 0 aliphatic rings. The summed E-state index contributed by atoms with van der Waals surface area (Å²) in [7, 11) is 4.69. The summed E-state index contributed by atoms with van der Waals surface area (Å²) >= 11 is 2.78. The van der Waals surface area contributed by atoms with Crippen molar-refractivity contribution in [1.82, 2.24) is 4.98 Å². The van der Waals surface area contributed by atoms with Gasteiger partial charge in [0.05, 0.1) is 27.0 Å². The van der Waals surface area contributed by atoms with Crippen LogP contribution in [-0.2, 0) is 4.79 Å². The average molecular weight is 612 g/mol. The van der Waals surface area contributed by atoms with Gasteiger partial charge in [0, 0.05) is 27.1 Å². The maximum absolute atomic E-state index is 13.6.